The number of hydrogen-bond acceptors (Lipinski definition) is 4. The topological polar surface area (TPSA) is 50.8 Å². The van der Waals surface area contributed by atoms with Gasteiger partial charge in [0.1, 0.15) is 5.75 Å². The number of rotatable bonds is 5. The number of halogens is 1. The molecule has 2 aromatic carbocycles. The van der Waals surface area contributed by atoms with E-state index in [1.54, 1.807) is 20.2 Å². The van der Waals surface area contributed by atoms with Crippen molar-refractivity contribution in [3.05, 3.63) is 52.5 Å². The van der Waals surface area contributed by atoms with Crippen LogP contribution in [0.4, 0.5) is 0 Å². The van der Waals surface area contributed by atoms with Crippen molar-refractivity contribution in [3.8, 4) is 16.9 Å². The monoisotopic (exact) mass is 442 g/mol. The highest BCUT2D eigenvalue weighted by molar-refractivity contribution is 6.34. The Bertz CT molecular complexity index is 919. The van der Waals surface area contributed by atoms with Crippen LogP contribution in [0.25, 0.3) is 11.1 Å². The smallest absolute Gasteiger partial charge is 0.252 e. The lowest BCUT2D eigenvalue weighted by molar-refractivity contribution is 0.0251. The van der Waals surface area contributed by atoms with E-state index in [0.29, 0.717) is 22.5 Å². The van der Waals surface area contributed by atoms with Crippen LogP contribution >= 0.6 is 11.6 Å². The van der Waals surface area contributed by atoms with Gasteiger partial charge in [0.05, 0.1) is 17.7 Å². The predicted molar refractivity (Wildman–Crippen MR) is 124 cm³/mol. The van der Waals surface area contributed by atoms with Crippen molar-refractivity contribution in [3.63, 3.8) is 0 Å². The fourth-order valence-electron chi connectivity index (χ4n) is 4.87. The molecule has 0 aliphatic carbocycles. The summed E-state index contributed by atoms with van der Waals surface area (Å²) in [7, 11) is 3.35. The number of nitrogens with one attached hydrogen (secondary N) is 1. The Labute approximate surface area is 189 Å². The highest BCUT2D eigenvalue weighted by Crippen LogP contribution is 2.38. The van der Waals surface area contributed by atoms with Crippen LogP contribution in [0.5, 0.6) is 5.75 Å². The first-order valence-electron chi connectivity index (χ1n) is 11.1. The molecule has 4 rings (SSSR count). The standard InChI is InChI=1S/C25H31ClN2O3/c1-27-25(29)21-5-3-19(16-23(21)26)18-4-6-24(30-2)22(15-18)17-7-11-28(12-8-17)20-9-13-31-14-10-20/h3-6,15-17,20H,7-14H2,1-2H3,(H,27,29). The third-order valence-corrected chi connectivity index (χ3v) is 6.99. The summed E-state index contributed by atoms with van der Waals surface area (Å²) in [6, 6.07) is 12.6. The summed E-state index contributed by atoms with van der Waals surface area (Å²) in [6.07, 6.45) is 4.56. The maximum absolute atomic E-state index is 11.9. The largest absolute Gasteiger partial charge is 0.496 e. The van der Waals surface area contributed by atoms with Crippen molar-refractivity contribution < 1.29 is 14.3 Å². The van der Waals surface area contributed by atoms with E-state index in [1.807, 2.05) is 12.1 Å². The molecule has 2 aliphatic heterocycles. The van der Waals surface area contributed by atoms with Gasteiger partial charge >= 0.3 is 0 Å². The summed E-state index contributed by atoms with van der Waals surface area (Å²) in [4.78, 5) is 14.6. The van der Waals surface area contributed by atoms with E-state index in [4.69, 9.17) is 21.1 Å². The van der Waals surface area contributed by atoms with Gasteiger partial charge in [-0.3, -0.25) is 4.79 Å². The van der Waals surface area contributed by atoms with Gasteiger partial charge in [-0.2, -0.15) is 0 Å². The first-order valence-corrected chi connectivity index (χ1v) is 11.5. The van der Waals surface area contributed by atoms with Crippen LogP contribution in [0.3, 0.4) is 0 Å². The van der Waals surface area contributed by atoms with Crippen LogP contribution in [0.1, 0.15) is 47.5 Å². The lowest BCUT2D eigenvalue weighted by Crippen LogP contribution is -2.43. The number of amides is 1. The van der Waals surface area contributed by atoms with E-state index in [1.165, 1.54) is 5.56 Å². The number of piperidine rings is 1. The predicted octanol–water partition coefficient (Wildman–Crippen LogP) is 4.73. The molecule has 0 unspecified atom stereocenters. The number of carbonyl (C=O) groups excluding carboxylic acids is 1. The van der Waals surface area contributed by atoms with E-state index >= 15 is 0 Å². The maximum atomic E-state index is 11.9. The second kappa shape index (κ2) is 10.0. The molecule has 0 saturated carbocycles. The zero-order chi connectivity index (χ0) is 21.8. The SMILES string of the molecule is CNC(=O)c1ccc(-c2ccc(OC)c(C3CCN(C4CCOCC4)CC3)c2)cc1Cl. The fourth-order valence-corrected chi connectivity index (χ4v) is 5.14. The molecule has 1 N–H and O–H groups in total. The third kappa shape index (κ3) is 4.89. The number of ether oxygens (including phenoxy) is 2. The highest BCUT2D eigenvalue weighted by Gasteiger charge is 2.28. The summed E-state index contributed by atoms with van der Waals surface area (Å²) in [5, 5.41) is 3.08. The van der Waals surface area contributed by atoms with Gasteiger partial charge in [-0.05, 0) is 85.6 Å². The summed E-state index contributed by atoms with van der Waals surface area (Å²) in [5.74, 6) is 1.25. The molecule has 31 heavy (non-hydrogen) atoms. The summed E-state index contributed by atoms with van der Waals surface area (Å²) in [5.41, 5.74) is 3.84. The number of carbonyl (C=O) groups is 1. The normalized spacial score (nSPS) is 18.7. The van der Waals surface area contributed by atoms with Crippen molar-refractivity contribution in [1.29, 1.82) is 0 Å². The molecule has 5 nitrogen and oxygen atoms in total. The molecule has 0 spiro atoms. The lowest BCUT2D eigenvalue weighted by atomic mass is 9.86. The van der Waals surface area contributed by atoms with Crippen molar-refractivity contribution in [2.24, 2.45) is 0 Å². The summed E-state index contributed by atoms with van der Waals surface area (Å²) >= 11 is 6.39. The molecule has 2 heterocycles. The highest BCUT2D eigenvalue weighted by atomic mass is 35.5. The van der Waals surface area contributed by atoms with Gasteiger partial charge in [-0.15, -0.1) is 0 Å². The van der Waals surface area contributed by atoms with Crippen molar-refractivity contribution in [2.75, 3.05) is 40.5 Å². The van der Waals surface area contributed by atoms with E-state index in [9.17, 15) is 4.79 Å². The number of likely N-dealkylation sites (tertiary alicyclic amines) is 1. The second-order valence-corrected chi connectivity index (χ2v) is 8.79. The maximum Gasteiger partial charge on any atom is 0.252 e. The first-order chi connectivity index (χ1) is 15.1. The minimum Gasteiger partial charge on any atom is -0.496 e. The minimum absolute atomic E-state index is 0.178. The number of nitrogens with zero attached hydrogens (tertiary/aromatic N) is 1. The van der Waals surface area contributed by atoms with E-state index in [0.717, 1.165) is 68.9 Å². The molecule has 166 valence electrons. The van der Waals surface area contributed by atoms with Gasteiger partial charge in [0, 0.05) is 26.3 Å². The molecule has 6 heteroatoms. The molecular formula is C25H31ClN2O3. The molecule has 0 radical (unpaired) electrons. The van der Waals surface area contributed by atoms with Gasteiger partial charge in [0.15, 0.2) is 0 Å². The zero-order valence-electron chi connectivity index (χ0n) is 18.3. The van der Waals surface area contributed by atoms with Crippen LogP contribution in [0.15, 0.2) is 36.4 Å². The molecule has 2 fully saturated rings. The van der Waals surface area contributed by atoms with Gasteiger partial charge in [-0.25, -0.2) is 0 Å². The fraction of sp³-hybridized carbons (Fsp3) is 0.480. The van der Waals surface area contributed by atoms with Crippen LogP contribution < -0.4 is 10.1 Å². The number of benzene rings is 2. The van der Waals surface area contributed by atoms with Crippen LogP contribution in [0, 0.1) is 0 Å². The molecule has 2 aliphatic rings. The zero-order valence-corrected chi connectivity index (χ0v) is 19.1. The van der Waals surface area contributed by atoms with Gasteiger partial charge in [0.2, 0.25) is 0 Å². The lowest BCUT2D eigenvalue weighted by Gasteiger charge is -2.39. The Balaban J connectivity index is 1.53. The van der Waals surface area contributed by atoms with Crippen LogP contribution in [-0.2, 0) is 4.74 Å². The molecule has 2 aromatic rings. The molecule has 2 saturated heterocycles. The van der Waals surface area contributed by atoms with Gasteiger partial charge < -0.3 is 19.7 Å². The molecule has 0 bridgehead atoms. The Hall–Kier alpha value is -2.08. The van der Waals surface area contributed by atoms with E-state index < -0.39 is 0 Å². The molecular weight excluding hydrogens is 412 g/mol. The number of methoxy groups -OCH3 is 1. The van der Waals surface area contributed by atoms with E-state index in [2.05, 4.69) is 28.4 Å². The quantitative estimate of drug-likeness (QED) is 0.727. The van der Waals surface area contributed by atoms with E-state index in [-0.39, 0.29) is 5.91 Å². The summed E-state index contributed by atoms with van der Waals surface area (Å²) in [6.45, 7) is 4.02. The second-order valence-electron chi connectivity index (χ2n) is 8.38. The Kier molecular flexibility index (Phi) is 7.16. The van der Waals surface area contributed by atoms with Crippen molar-refractivity contribution in [2.45, 2.75) is 37.6 Å². The number of hydrogen-bond donors (Lipinski definition) is 1. The van der Waals surface area contributed by atoms with Crippen LogP contribution in [0.2, 0.25) is 5.02 Å². The van der Waals surface area contributed by atoms with Crippen LogP contribution in [-0.4, -0.2) is 57.3 Å². The Morgan fingerprint density at radius 2 is 1.74 bits per heavy atom. The third-order valence-electron chi connectivity index (χ3n) is 6.68. The molecule has 1 amide bonds. The Morgan fingerprint density at radius 3 is 2.39 bits per heavy atom. The Morgan fingerprint density at radius 1 is 1.06 bits per heavy atom. The van der Waals surface area contributed by atoms with Gasteiger partial charge in [0.25, 0.3) is 5.91 Å². The molecule has 0 aromatic heterocycles. The van der Waals surface area contributed by atoms with Crippen molar-refractivity contribution >= 4 is 17.5 Å². The van der Waals surface area contributed by atoms with Gasteiger partial charge in [-0.1, -0.05) is 23.7 Å². The summed E-state index contributed by atoms with van der Waals surface area (Å²) < 4.78 is 11.2. The first kappa shape index (κ1) is 22.1. The molecule has 0 atom stereocenters. The minimum atomic E-state index is -0.178. The average Bonchev–Trinajstić information content (AvgIpc) is 2.83. The average molecular weight is 443 g/mol. The van der Waals surface area contributed by atoms with Crippen molar-refractivity contribution in [1.82, 2.24) is 10.2 Å².